The van der Waals surface area contributed by atoms with Crippen molar-refractivity contribution in [2.45, 2.75) is 85.9 Å². The van der Waals surface area contributed by atoms with Crippen LogP contribution in [0, 0.1) is 20.8 Å². The smallest absolute Gasteiger partial charge is 0.399 e. The molecule has 0 atom stereocenters. The van der Waals surface area contributed by atoms with E-state index in [1.165, 1.54) is 16.7 Å². The number of hydrogen-bond acceptors (Lipinski definition) is 4. The monoisotopic (exact) mass is 369 g/mol. The number of aryl methyl sites for hydroxylation is 4. The molecule has 0 spiro atoms. The molecule has 0 aliphatic carbocycles. The summed E-state index contributed by atoms with van der Waals surface area (Å²) >= 11 is 0. The van der Waals surface area contributed by atoms with Crippen molar-refractivity contribution in [3.63, 3.8) is 0 Å². The Morgan fingerprint density at radius 1 is 0.963 bits per heavy atom. The lowest BCUT2D eigenvalue weighted by atomic mass is 9.74. The molecule has 0 radical (unpaired) electrons. The molecular weight excluding hydrogens is 337 g/mol. The van der Waals surface area contributed by atoms with E-state index in [0.717, 1.165) is 41.7 Å². The molecule has 5 heteroatoms. The van der Waals surface area contributed by atoms with Gasteiger partial charge in [0.25, 0.3) is 0 Å². The zero-order chi connectivity index (χ0) is 20.0. The largest absolute Gasteiger partial charge is 0.500 e. The van der Waals surface area contributed by atoms with E-state index in [2.05, 4.69) is 72.7 Å². The molecule has 1 aromatic heterocycles. The third kappa shape index (κ3) is 3.59. The highest BCUT2D eigenvalue weighted by molar-refractivity contribution is 6.64. The van der Waals surface area contributed by atoms with E-state index in [1.807, 2.05) is 0 Å². The van der Waals surface area contributed by atoms with Gasteiger partial charge in [-0.25, -0.2) is 0 Å². The summed E-state index contributed by atoms with van der Waals surface area (Å²) in [7, 11) is -0.469. The van der Waals surface area contributed by atoms with Gasteiger partial charge in [0.15, 0.2) is 0 Å². The molecule has 4 nitrogen and oxygen atoms in total. The van der Waals surface area contributed by atoms with Gasteiger partial charge in [-0.3, -0.25) is 0 Å². The molecule has 0 N–H and O–H groups in total. The average Bonchev–Trinajstić information content (AvgIpc) is 3.02. The molecule has 0 unspecified atom stereocenters. The molecule has 0 amide bonds. The van der Waals surface area contributed by atoms with Crippen molar-refractivity contribution in [1.29, 1.82) is 0 Å². The van der Waals surface area contributed by atoms with Crippen molar-refractivity contribution < 1.29 is 13.8 Å². The van der Waals surface area contributed by atoms with Crippen molar-refractivity contribution in [1.82, 2.24) is 5.16 Å². The van der Waals surface area contributed by atoms with Gasteiger partial charge in [0.05, 0.1) is 16.7 Å². The Bertz CT molecular complexity index is 799. The van der Waals surface area contributed by atoms with E-state index in [4.69, 9.17) is 13.8 Å². The third-order valence-electron chi connectivity index (χ3n) is 5.96. The van der Waals surface area contributed by atoms with Crippen LogP contribution in [0.3, 0.4) is 0 Å². The molecule has 2 aromatic rings. The summed E-state index contributed by atoms with van der Waals surface area (Å²) in [5.41, 5.74) is 5.78. The van der Waals surface area contributed by atoms with E-state index in [-0.39, 0.29) is 0 Å². The fourth-order valence-corrected chi connectivity index (χ4v) is 3.79. The Labute approximate surface area is 163 Å². The van der Waals surface area contributed by atoms with Crippen molar-refractivity contribution in [3.8, 4) is 11.3 Å². The van der Waals surface area contributed by atoms with Crippen LogP contribution in [0.15, 0.2) is 16.7 Å². The summed E-state index contributed by atoms with van der Waals surface area (Å²) in [4.78, 5) is 0. The summed E-state index contributed by atoms with van der Waals surface area (Å²) in [6.45, 7) is 16.9. The third-order valence-corrected chi connectivity index (χ3v) is 5.96. The Morgan fingerprint density at radius 2 is 1.52 bits per heavy atom. The maximum atomic E-state index is 6.37. The van der Waals surface area contributed by atoms with Gasteiger partial charge in [-0.2, -0.15) is 0 Å². The molecule has 2 heterocycles. The van der Waals surface area contributed by atoms with Crippen LogP contribution in [-0.4, -0.2) is 23.5 Å². The fraction of sp³-hybridized carbons (Fsp3) is 0.591. The number of hydrogen-bond donors (Lipinski definition) is 0. The molecule has 1 aliphatic heterocycles. The molecular formula is C22H32BNO3. The number of nitrogens with zero attached hydrogens (tertiary/aromatic N) is 1. The summed E-state index contributed by atoms with van der Waals surface area (Å²) < 4.78 is 18.6. The summed E-state index contributed by atoms with van der Waals surface area (Å²) in [6, 6.07) is 4.38. The average molecular weight is 369 g/mol. The number of benzene rings is 1. The molecule has 27 heavy (non-hydrogen) atoms. The highest BCUT2D eigenvalue weighted by Gasteiger charge is 2.54. The zero-order valence-corrected chi connectivity index (χ0v) is 18.0. The normalized spacial score (nSPS) is 18.3. The molecule has 0 bridgehead atoms. The van der Waals surface area contributed by atoms with Gasteiger partial charge < -0.3 is 13.8 Å². The van der Waals surface area contributed by atoms with Crippen LogP contribution < -0.4 is 5.46 Å². The lowest BCUT2D eigenvalue weighted by molar-refractivity contribution is 0.00578. The molecule has 1 aliphatic rings. The Morgan fingerprint density at radius 3 is 2.04 bits per heavy atom. The summed E-state index contributed by atoms with van der Waals surface area (Å²) in [5, 5.41) is 4.50. The van der Waals surface area contributed by atoms with E-state index < -0.39 is 18.3 Å². The zero-order valence-electron chi connectivity index (χ0n) is 18.0. The second kappa shape index (κ2) is 7.10. The second-order valence-corrected chi connectivity index (χ2v) is 8.83. The molecule has 1 fully saturated rings. The first-order chi connectivity index (χ1) is 12.6. The van der Waals surface area contributed by atoms with Gasteiger partial charge in [0.2, 0.25) is 0 Å². The first-order valence-corrected chi connectivity index (χ1v) is 9.99. The lowest BCUT2D eigenvalue weighted by Crippen LogP contribution is -2.41. The van der Waals surface area contributed by atoms with Gasteiger partial charge in [-0.1, -0.05) is 36.2 Å². The molecule has 3 rings (SSSR count). The quantitative estimate of drug-likeness (QED) is 0.703. The van der Waals surface area contributed by atoms with Crippen LogP contribution in [-0.2, 0) is 15.7 Å². The second-order valence-electron chi connectivity index (χ2n) is 8.83. The minimum atomic E-state index is -0.469. The van der Waals surface area contributed by atoms with Crippen LogP contribution in [0.4, 0.5) is 0 Å². The highest BCUT2D eigenvalue weighted by atomic mass is 16.7. The topological polar surface area (TPSA) is 44.5 Å². The minimum absolute atomic E-state index is 0.397. The van der Waals surface area contributed by atoms with Gasteiger partial charge >= 0.3 is 7.12 Å². The first-order valence-electron chi connectivity index (χ1n) is 9.99. The van der Waals surface area contributed by atoms with E-state index >= 15 is 0 Å². The molecule has 1 saturated heterocycles. The maximum Gasteiger partial charge on any atom is 0.500 e. The molecule has 1 aromatic carbocycles. The molecule has 0 saturated carbocycles. The SMILES string of the molecule is CCCCc1onc(-c2c(C)cc(C)cc2C)c1B1OC(C)(C)C(C)(C)O1. The van der Waals surface area contributed by atoms with Crippen molar-refractivity contribution in [3.05, 3.63) is 34.6 Å². The Kier molecular flexibility index (Phi) is 5.30. The first kappa shape index (κ1) is 20.2. The van der Waals surface area contributed by atoms with Gasteiger partial charge in [0, 0.05) is 12.0 Å². The van der Waals surface area contributed by atoms with Crippen molar-refractivity contribution in [2.24, 2.45) is 0 Å². The van der Waals surface area contributed by atoms with E-state index in [0.29, 0.717) is 0 Å². The van der Waals surface area contributed by atoms with Crippen molar-refractivity contribution in [2.75, 3.05) is 0 Å². The van der Waals surface area contributed by atoms with E-state index in [9.17, 15) is 0 Å². The van der Waals surface area contributed by atoms with Gasteiger partial charge in [0.1, 0.15) is 11.5 Å². The van der Waals surface area contributed by atoms with Gasteiger partial charge in [-0.05, 0) is 66.0 Å². The van der Waals surface area contributed by atoms with E-state index in [1.54, 1.807) is 0 Å². The number of aromatic nitrogens is 1. The van der Waals surface area contributed by atoms with Crippen LogP contribution in [0.1, 0.15) is 69.9 Å². The Balaban J connectivity index is 2.14. The van der Waals surface area contributed by atoms with Crippen molar-refractivity contribution >= 4 is 12.6 Å². The minimum Gasteiger partial charge on any atom is -0.399 e. The van der Waals surface area contributed by atoms with Crippen LogP contribution >= 0.6 is 0 Å². The fourth-order valence-electron chi connectivity index (χ4n) is 3.79. The number of unbranched alkanes of at least 4 members (excludes halogenated alkanes) is 1. The van der Waals surface area contributed by atoms with Crippen LogP contribution in [0.25, 0.3) is 11.3 Å². The van der Waals surface area contributed by atoms with Crippen LogP contribution in [0.5, 0.6) is 0 Å². The standard InChI is InChI=1S/C22H32BNO3/c1-9-10-11-17-19(23-26-21(5,6)22(7,8)27-23)20(24-25-17)18-15(3)12-14(2)13-16(18)4/h12-13H,9-11H2,1-8H3. The summed E-state index contributed by atoms with van der Waals surface area (Å²) in [5.74, 6) is 0.879. The number of rotatable bonds is 5. The predicted molar refractivity (Wildman–Crippen MR) is 110 cm³/mol. The Hall–Kier alpha value is -1.59. The summed E-state index contributed by atoms with van der Waals surface area (Å²) in [6.07, 6.45) is 2.99. The maximum absolute atomic E-state index is 6.37. The van der Waals surface area contributed by atoms with Crippen LogP contribution in [0.2, 0.25) is 0 Å². The van der Waals surface area contributed by atoms with Gasteiger partial charge in [-0.15, -0.1) is 0 Å². The highest BCUT2D eigenvalue weighted by Crippen LogP contribution is 2.38. The predicted octanol–water partition coefficient (Wildman–Crippen LogP) is 4.91. The molecule has 146 valence electrons. The lowest BCUT2D eigenvalue weighted by Gasteiger charge is -2.32.